The Bertz CT molecular complexity index is 456. The van der Waals surface area contributed by atoms with Gasteiger partial charge in [0.1, 0.15) is 0 Å². The number of hydrogen-bond donors (Lipinski definition) is 1. The van der Waals surface area contributed by atoms with Crippen LogP contribution in [0.15, 0.2) is 22.7 Å². The summed E-state index contributed by atoms with van der Waals surface area (Å²) in [7, 11) is 0. The summed E-state index contributed by atoms with van der Waals surface area (Å²) in [4.78, 5) is 25.1. The molecule has 0 bridgehead atoms. The summed E-state index contributed by atoms with van der Waals surface area (Å²) in [5, 5.41) is 0. The zero-order valence-corrected chi connectivity index (χ0v) is 10.9. The maximum absolute atomic E-state index is 11.9. The van der Waals surface area contributed by atoms with Crippen LogP contribution in [-0.2, 0) is 9.59 Å². The Labute approximate surface area is 108 Å². The van der Waals surface area contributed by atoms with Crippen molar-refractivity contribution >= 4 is 39.1 Å². The van der Waals surface area contributed by atoms with Gasteiger partial charge in [0.05, 0.1) is 5.69 Å². The molecule has 1 aliphatic heterocycles. The third kappa shape index (κ3) is 2.49. The van der Waals surface area contributed by atoms with Gasteiger partial charge in [0.2, 0.25) is 11.8 Å². The smallest absolute Gasteiger partial charge is 0.233 e. The van der Waals surface area contributed by atoms with E-state index in [0.717, 1.165) is 12.8 Å². The number of hydrogen-bond acceptors (Lipinski definition) is 3. The molecule has 0 unspecified atom stereocenters. The second kappa shape index (κ2) is 4.87. The van der Waals surface area contributed by atoms with Crippen LogP contribution in [0.2, 0.25) is 0 Å². The number of rotatable bonds is 1. The average molecular weight is 297 g/mol. The predicted octanol–water partition coefficient (Wildman–Crippen LogP) is 2.46. The molecule has 2 rings (SSSR count). The van der Waals surface area contributed by atoms with Crippen LogP contribution in [0.5, 0.6) is 0 Å². The highest BCUT2D eigenvalue weighted by Gasteiger charge is 2.27. The summed E-state index contributed by atoms with van der Waals surface area (Å²) < 4.78 is 0.704. The molecule has 1 fully saturated rings. The fraction of sp³-hybridized carbons (Fsp3) is 0.333. The van der Waals surface area contributed by atoms with Crippen molar-refractivity contribution in [2.45, 2.75) is 25.7 Å². The van der Waals surface area contributed by atoms with Crippen LogP contribution in [0.1, 0.15) is 25.7 Å². The molecule has 0 atom stereocenters. The fourth-order valence-electron chi connectivity index (χ4n) is 1.88. The van der Waals surface area contributed by atoms with Crippen molar-refractivity contribution in [2.75, 3.05) is 10.6 Å². The van der Waals surface area contributed by atoms with Crippen LogP contribution in [0.4, 0.5) is 11.4 Å². The topological polar surface area (TPSA) is 63.4 Å². The highest BCUT2D eigenvalue weighted by molar-refractivity contribution is 9.10. The van der Waals surface area contributed by atoms with E-state index in [1.807, 2.05) is 0 Å². The number of nitrogens with two attached hydrogens (primary N) is 1. The number of anilines is 2. The summed E-state index contributed by atoms with van der Waals surface area (Å²) in [6.45, 7) is 0. The molecule has 90 valence electrons. The summed E-state index contributed by atoms with van der Waals surface area (Å²) in [6, 6.07) is 5.11. The Morgan fingerprint density at radius 2 is 1.71 bits per heavy atom. The van der Waals surface area contributed by atoms with Crippen molar-refractivity contribution in [2.24, 2.45) is 0 Å². The van der Waals surface area contributed by atoms with Gasteiger partial charge in [-0.1, -0.05) is 0 Å². The van der Waals surface area contributed by atoms with Crippen LogP contribution in [0, 0.1) is 0 Å². The molecular formula is C12H13BrN2O2. The minimum atomic E-state index is -0.154. The molecule has 1 saturated heterocycles. The third-order valence-corrected chi connectivity index (χ3v) is 3.41. The number of nitrogens with zero attached hydrogens (tertiary/aromatic N) is 1. The Balaban J connectivity index is 2.45. The van der Waals surface area contributed by atoms with E-state index in [2.05, 4.69) is 15.9 Å². The summed E-state index contributed by atoms with van der Waals surface area (Å²) in [6.07, 6.45) is 2.35. The largest absolute Gasteiger partial charge is 0.399 e. The van der Waals surface area contributed by atoms with Gasteiger partial charge >= 0.3 is 0 Å². The molecule has 0 radical (unpaired) electrons. The van der Waals surface area contributed by atoms with Gasteiger partial charge in [-0.3, -0.25) is 9.59 Å². The highest BCUT2D eigenvalue weighted by Crippen LogP contribution is 2.31. The summed E-state index contributed by atoms with van der Waals surface area (Å²) >= 11 is 3.34. The van der Waals surface area contributed by atoms with Crippen LogP contribution in [0.3, 0.4) is 0 Å². The molecule has 0 saturated carbocycles. The quantitative estimate of drug-likeness (QED) is 0.639. The number of amides is 2. The van der Waals surface area contributed by atoms with Crippen molar-refractivity contribution < 1.29 is 9.59 Å². The molecule has 0 spiro atoms. The molecule has 17 heavy (non-hydrogen) atoms. The van der Waals surface area contributed by atoms with Gasteiger partial charge in [0, 0.05) is 23.0 Å². The van der Waals surface area contributed by atoms with Crippen LogP contribution in [-0.4, -0.2) is 11.8 Å². The lowest BCUT2D eigenvalue weighted by Crippen LogP contribution is -2.35. The molecule has 1 heterocycles. The minimum absolute atomic E-state index is 0.154. The van der Waals surface area contributed by atoms with E-state index in [1.165, 1.54) is 4.90 Å². The Morgan fingerprint density at radius 1 is 1.12 bits per heavy atom. The number of carbonyl (C=O) groups excluding carboxylic acids is 2. The first-order chi connectivity index (χ1) is 8.09. The van der Waals surface area contributed by atoms with E-state index >= 15 is 0 Å². The monoisotopic (exact) mass is 296 g/mol. The van der Waals surface area contributed by atoms with Crippen molar-refractivity contribution in [3.8, 4) is 0 Å². The lowest BCUT2D eigenvalue weighted by atomic mass is 10.2. The second-order valence-corrected chi connectivity index (χ2v) is 4.90. The normalized spacial score (nSPS) is 17.1. The molecule has 0 aliphatic carbocycles. The first-order valence-corrected chi connectivity index (χ1v) is 6.29. The zero-order valence-electron chi connectivity index (χ0n) is 9.28. The van der Waals surface area contributed by atoms with Crippen molar-refractivity contribution in [1.82, 2.24) is 0 Å². The first kappa shape index (κ1) is 12.1. The first-order valence-electron chi connectivity index (χ1n) is 5.50. The Kier molecular flexibility index (Phi) is 3.47. The predicted molar refractivity (Wildman–Crippen MR) is 69.5 cm³/mol. The van der Waals surface area contributed by atoms with Gasteiger partial charge in [0.15, 0.2) is 0 Å². The highest BCUT2D eigenvalue weighted by atomic mass is 79.9. The number of benzene rings is 1. The molecule has 5 heteroatoms. The molecule has 0 aromatic heterocycles. The molecule has 1 aliphatic rings. The summed E-state index contributed by atoms with van der Waals surface area (Å²) in [5.41, 5.74) is 6.77. The van der Waals surface area contributed by atoms with Gasteiger partial charge in [-0.25, -0.2) is 4.90 Å². The molecule has 2 N–H and O–H groups in total. The van der Waals surface area contributed by atoms with Crippen molar-refractivity contribution in [1.29, 1.82) is 0 Å². The van der Waals surface area contributed by atoms with E-state index < -0.39 is 0 Å². The van der Waals surface area contributed by atoms with E-state index in [4.69, 9.17) is 5.73 Å². The molecule has 1 aromatic carbocycles. The standard InChI is InChI=1S/C12H13BrN2O2/c13-9-6-5-8(14)7-10(9)15-11(16)3-1-2-4-12(15)17/h5-7H,1-4,14H2. The number of nitrogen functional groups attached to an aromatic ring is 1. The molecule has 1 aromatic rings. The number of carbonyl (C=O) groups is 2. The van der Waals surface area contributed by atoms with E-state index in [9.17, 15) is 9.59 Å². The lowest BCUT2D eigenvalue weighted by molar-refractivity contribution is -0.125. The second-order valence-electron chi connectivity index (χ2n) is 4.04. The SMILES string of the molecule is Nc1ccc(Br)c(N2C(=O)CCCCC2=O)c1. The number of imide groups is 1. The molecule has 2 amide bonds. The van der Waals surface area contributed by atoms with Crippen LogP contribution >= 0.6 is 15.9 Å². The minimum Gasteiger partial charge on any atom is -0.399 e. The van der Waals surface area contributed by atoms with Crippen LogP contribution < -0.4 is 10.6 Å². The maximum Gasteiger partial charge on any atom is 0.233 e. The van der Waals surface area contributed by atoms with Crippen molar-refractivity contribution in [3.05, 3.63) is 22.7 Å². The van der Waals surface area contributed by atoms with E-state index in [1.54, 1.807) is 18.2 Å². The van der Waals surface area contributed by atoms with Gasteiger partial charge in [0.25, 0.3) is 0 Å². The Hall–Kier alpha value is -1.36. The van der Waals surface area contributed by atoms with Gasteiger partial charge in [-0.2, -0.15) is 0 Å². The van der Waals surface area contributed by atoms with Crippen molar-refractivity contribution in [3.63, 3.8) is 0 Å². The van der Waals surface area contributed by atoms with Gasteiger partial charge in [-0.05, 0) is 47.0 Å². The van der Waals surface area contributed by atoms with Crippen LogP contribution in [0.25, 0.3) is 0 Å². The fourth-order valence-corrected chi connectivity index (χ4v) is 2.31. The zero-order chi connectivity index (χ0) is 12.4. The van der Waals surface area contributed by atoms with Gasteiger partial charge in [-0.15, -0.1) is 0 Å². The number of halogens is 1. The maximum atomic E-state index is 11.9. The molecular weight excluding hydrogens is 284 g/mol. The Morgan fingerprint density at radius 3 is 2.29 bits per heavy atom. The lowest BCUT2D eigenvalue weighted by Gasteiger charge is -2.20. The van der Waals surface area contributed by atoms with E-state index in [0.29, 0.717) is 28.7 Å². The summed E-state index contributed by atoms with van der Waals surface area (Å²) in [5.74, 6) is -0.308. The third-order valence-electron chi connectivity index (χ3n) is 2.74. The van der Waals surface area contributed by atoms with E-state index in [-0.39, 0.29) is 11.8 Å². The average Bonchev–Trinajstić information content (AvgIpc) is 2.44. The molecule has 4 nitrogen and oxygen atoms in total. The van der Waals surface area contributed by atoms with Gasteiger partial charge < -0.3 is 5.73 Å².